The standard InChI is InChI=1S/C31H22ClN3O4S/c32-21-12-17-26(33-18-21)35-30(37)28(20-6-2-1-3-7-20)40-23-15-13-22(14-16-23)34-29(36)24-10-4-8-19-9-5-11-25(27(19)24)31(38)39/h1-18,28H,(H,34,36)(H,38,39)(H,33,35,37). The number of halogens is 1. The number of fused-ring (bicyclic) bond motifs is 1. The van der Waals surface area contributed by atoms with Gasteiger partial charge in [-0.2, -0.15) is 0 Å². The molecule has 198 valence electrons. The summed E-state index contributed by atoms with van der Waals surface area (Å²) in [5.74, 6) is -1.37. The van der Waals surface area contributed by atoms with Crippen molar-refractivity contribution in [3.05, 3.63) is 131 Å². The number of nitrogens with one attached hydrogen (secondary N) is 2. The van der Waals surface area contributed by atoms with Gasteiger partial charge < -0.3 is 15.7 Å². The van der Waals surface area contributed by atoms with E-state index in [4.69, 9.17) is 11.6 Å². The first kappa shape index (κ1) is 26.9. The highest BCUT2D eigenvalue weighted by molar-refractivity contribution is 8.00. The van der Waals surface area contributed by atoms with Crippen LogP contribution in [0, 0.1) is 0 Å². The van der Waals surface area contributed by atoms with Gasteiger partial charge in [0, 0.05) is 27.7 Å². The fraction of sp³-hybridized carbons (Fsp3) is 0.0323. The Balaban J connectivity index is 1.34. The van der Waals surface area contributed by atoms with Gasteiger partial charge in [-0.1, -0.05) is 66.2 Å². The molecule has 2 amide bonds. The van der Waals surface area contributed by atoms with E-state index in [-0.39, 0.29) is 17.0 Å². The lowest BCUT2D eigenvalue weighted by atomic mass is 9.98. The van der Waals surface area contributed by atoms with E-state index in [1.807, 2.05) is 42.5 Å². The second-order valence-corrected chi connectivity index (χ2v) is 10.4. The van der Waals surface area contributed by atoms with Crippen molar-refractivity contribution < 1.29 is 19.5 Å². The number of carboxylic acids is 1. The number of benzene rings is 4. The molecule has 0 saturated carbocycles. The van der Waals surface area contributed by atoms with Crippen molar-refractivity contribution in [2.75, 3.05) is 10.6 Å². The summed E-state index contributed by atoms with van der Waals surface area (Å²) in [7, 11) is 0. The van der Waals surface area contributed by atoms with E-state index >= 15 is 0 Å². The molecule has 1 heterocycles. The molecule has 0 aliphatic heterocycles. The Morgan fingerprint density at radius 1 is 0.775 bits per heavy atom. The fourth-order valence-corrected chi connectivity index (χ4v) is 5.34. The summed E-state index contributed by atoms with van der Waals surface area (Å²) in [6.45, 7) is 0. The molecule has 3 N–H and O–H groups in total. The molecule has 9 heteroatoms. The molecule has 1 aromatic heterocycles. The highest BCUT2D eigenvalue weighted by Gasteiger charge is 2.23. The van der Waals surface area contributed by atoms with Crippen molar-refractivity contribution in [2.24, 2.45) is 0 Å². The Kier molecular flexibility index (Phi) is 8.10. The van der Waals surface area contributed by atoms with Crippen LogP contribution in [0.4, 0.5) is 11.5 Å². The lowest BCUT2D eigenvalue weighted by Crippen LogP contribution is -2.19. The molecule has 0 spiro atoms. The summed E-state index contributed by atoms with van der Waals surface area (Å²) in [5.41, 5.74) is 1.69. The molecular formula is C31H22ClN3O4S. The van der Waals surface area contributed by atoms with Crippen LogP contribution in [0.5, 0.6) is 0 Å². The highest BCUT2D eigenvalue weighted by Crippen LogP contribution is 2.37. The van der Waals surface area contributed by atoms with Crippen molar-refractivity contribution in [1.82, 2.24) is 4.98 Å². The summed E-state index contributed by atoms with van der Waals surface area (Å²) in [6.07, 6.45) is 1.47. The van der Waals surface area contributed by atoms with Gasteiger partial charge in [-0.25, -0.2) is 9.78 Å². The Hall–Kier alpha value is -4.66. The number of amides is 2. The number of carboxylic acid groups (broad SMARTS) is 1. The SMILES string of the molecule is O=C(O)c1cccc2cccc(C(=O)Nc3ccc(SC(C(=O)Nc4ccc(Cl)cn4)c4ccccc4)cc3)c12. The van der Waals surface area contributed by atoms with Crippen LogP contribution in [-0.4, -0.2) is 27.9 Å². The maximum absolute atomic E-state index is 13.3. The van der Waals surface area contributed by atoms with Crippen LogP contribution >= 0.6 is 23.4 Å². The Labute approximate surface area is 239 Å². The van der Waals surface area contributed by atoms with Crippen LogP contribution < -0.4 is 10.6 Å². The van der Waals surface area contributed by atoms with Gasteiger partial charge in [-0.15, -0.1) is 11.8 Å². The minimum absolute atomic E-state index is 0.0639. The van der Waals surface area contributed by atoms with E-state index in [9.17, 15) is 19.5 Å². The largest absolute Gasteiger partial charge is 0.478 e. The number of pyridine rings is 1. The quantitative estimate of drug-likeness (QED) is 0.170. The maximum atomic E-state index is 13.3. The molecule has 0 bridgehead atoms. The van der Waals surface area contributed by atoms with E-state index in [1.165, 1.54) is 24.0 Å². The first-order valence-electron chi connectivity index (χ1n) is 12.2. The highest BCUT2D eigenvalue weighted by atomic mass is 35.5. The van der Waals surface area contributed by atoms with E-state index in [0.717, 1.165) is 10.5 Å². The summed E-state index contributed by atoms with van der Waals surface area (Å²) in [4.78, 5) is 43.1. The van der Waals surface area contributed by atoms with Crippen LogP contribution in [0.15, 0.2) is 114 Å². The molecule has 1 unspecified atom stereocenters. The normalized spacial score (nSPS) is 11.5. The van der Waals surface area contributed by atoms with Crippen molar-refractivity contribution in [1.29, 1.82) is 0 Å². The van der Waals surface area contributed by atoms with E-state index in [2.05, 4.69) is 15.6 Å². The van der Waals surface area contributed by atoms with Gasteiger partial charge in [-0.05, 0) is 59.5 Å². The molecular weight excluding hydrogens is 546 g/mol. The number of carbonyl (C=O) groups excluding carboxylic acids is 2. The number of thioether (sulfide) groups is 1. The molecule has 40 heavy (non-hydrogen) atoms. The Morgan fingerprint density at radius 2 is 1.48 bits per heavy atom. The van der Waals surface area contributed by atoms with Crippen molar-refractivity contribution in [3.63, 3.8) is 0 Å². The smallest absolute Gasteiger partial charge is 0.336 e. The predicted octanol–water partition coefficient (Wildman–Crippen LogP) is 7.31. The van der Waals surface area contributed by atoms with Crippen molar-refractivity contribution in [2.45, 2.75) is 10.1 Å². The summed E-state index contributed by atoms with van der Waals surface area (Å²) >= 11 is 7.27. The molecule has 5 rings (SSSR count). The van der Waals surface area contributed by atoms with Crippen LogP contribution in [0.2, 0.25) is 5.02 Å². The molecule has 0 aliphatic rings. The second kappa shape index (κ2) is 12.0. The number of hydrogen-bond donors (Lipinski definition) is 3. The molecule has 0 fully saturated rings. The van der Waals surface area contributed by atoms with E-state index < -0.39 is 17.1 Å². The van der Waals surface area contributed by atoms with Crippen molar-refractivity contribution in [3.8, 4) is 0 Å². The van der Waals surface area contributed by atoms with Crippen molar-refractivity contribution >= 4 is 63.4 Å². The van der Waals surface area contributed by atoms with Crippen LogP contribution in [0.1, 0.15) is 31.5 Å². The zero-order valence-corrected chi connectivity index (χ0v) is 22.4. The van der Waals surface area contributed by atoms with Crippen LogP contribution in [0.25, 0.3) is 10.8 Å². The maximum Gasteiger partial charge on any atom is 0.336 e. The molecule has 5 aromatic rings. The van der Waals surface area contributed by atoms with Gasteiger partial charge in [0.2, 0.25) is 5.91 Å². The number of aromatic carboxylic acids is 1. The Morgan fingerprint density at radius 3 is 2.12 bits per heavy atom. The first-order valence-corrected chi connectivity index (χ1v) is 13.5. The van der Waals surface area contributed by atoms with E-state index in [1.54, 1.807) is 54.6 Å². The summed E-state index contributed by atoms with van der Waals surface area (Å²) in [5, 5.41) is 16.3. The van der Waals surface area contributed by atoms with Crippen LogP contribution in [0.3, 0.4) is 0 Å². The molecule has 0 radical (unpaired) electrons. The van der Waals surface area contributed by atoms with Crippen LogP contribution in [-0.2, 0) is 4.79 Å². The van der Waals surface area contributed by atoms with Gasteiger partial charge in [0.1, 0.15) is 11.1 Å². The predicted molar refractivity (Wildman–Crippen MR) is 158 cm³/mol. The van der Waals surface area contributed by atoms with Gasteiger partial charge >= 0.3 is 5.97 Å². The third kappa shape index (κ3) is 6.14. The van der Waals surface area contributed by atoms with Gasteiger partial charge in [0.25, 0.3) is 5.91 Å². The second-order valence-electron chi connectivity index (χ2n) is 8.75. The van der Waals surface area contributed by atoms with Gasteiger partial charge in [-0.3, -0.25) is 9.59 Å². The van der Waals surface area contributed by atoms with E-state index in [0.29, 0.717) is 27.3 Å². The summed E-state index contributed by atoms with van der Waals surface area (Å²) in [6, 6.07) is 29.8. The fourth-order valence-electron chi connectivity index (χ4n) is 4.20. The Bertz CT molecular complexity index is 1690. The number of aromatic nitrogens is 1. The lowest BCUT2D eigenvalue weighted by molar-refractivity contribution is -0.115. The molecule has 4 aromatic carbocycles. The molecule has 1 atom stereocenters. The number of carbonyl (C=O) groups is 3. The summed E-state index contributed by atoms with van der Waals surface area (Å²) < 4.78 is 0. The third-order valence-electron chi connectivity index (χ3n) is 6.06. The van der Waals surface area contributed by atoms with Gasteiger partial charge in [0.05, 0.1) is 10.6 Å². The topological polar surface area (TPSA) is 108 Å². The number of rotatable bonds is 8. The molecule has 0 aliphatic carbocycles. The minimum Gasteiger partial charge on any atom is -0.478 e. The third-order valence-corrected chi connectivity index (χ3v) is 7.55. The zero-order valence-electron chi connectivity index (χ0n) is 20.9. The van der Waals surface area contributed by atoms with Gasteiger partial charge in [0.15, 0.2) is 0 Å². The number of hydrogen-bond acceptors (Lipinski definition) is 5. The average molecular weight is 568 g/mol. The number of anilines is 2. The lowest BCUT2D eigenvalue weighted by Gasteiger charge is -2.17. The monoisotopic (exact) mass is 567 g/mol. The number of nitrogens with zero attached hydrogens (tertiary/aromatic N) is 1. The minimum atomic E-state index is -1.10. The average Bonchev–Trinajstić information content (AvgIpc) is 2.97. The first-order chi connectivity index (χ1) is 19.4. The molecule has 7 nitrogen and oxygen atoms in total. The molecule has 0 saturated heterocycles. The zero-order chi connectivity index (χ0) is 28.1.